The fraction of sp³-hybridized carbons (Fsp3) is 0.941. The van der Waals surface area contributed by atoms with Crippen molar-refractivity contribution in [2.45, 2.75) is 65.3 Å². The van der Waals surface area contributed by atoms with Gasteiger partial charge in [-0.05, 0) is 64.7 Å². The summed E-state index contributed by atoms with van der Waals surface area (Å²) < 4.78 is 4.93. The Kier molecular flexibility index (Phi) is 9.68. The van der Waals surface area contributed by atoms with E-state index in [2.05, 4.69) is 24.1 Å². The van der Waals surface area contributed by atoms with E-state index in [-0.39, 0.29) is 5.97 Å². The standard InChI is InChI=1S/C17H34N2O2/c1-4-21-17(20)8-6-5-7-11-19-12-9-16(10-13-19)14-18-15(2)3/h15-16,18H,4-14H2,1-3H3. The molecule has 0 unspecified atom stereocenters. The highest BCUT2D eigenvalue weighted by molar-refractivity contribution is 5.69. The van der Waals surface area contributed by atoms with Gasteiger partial charge < -0.3 is 15.0 Å². The molecular weight excluding hydrogens is 264 g/mol. The molecule has 0 aromatic heterocycles. The minimum absolute atomic E-state index is 0.0454. The Morgan fingerprint density at radius 3 is 2.57 bits per heavy atom. The fourth-order valence-electron chi connectivity index (χ4n) is 2.83. The Morgan fingerprint density at radius 2 is 1.95 bits per heavy atom. The molecule has 1 aliphatic rings. The number of hydrogen-bond donors (Lipinski definition) is 1. The van der Waals surface area contributed by atoms with Crippen LogP contribution in [0.15, 0.2) is 0 Å². The van der Waals surface area contributed by atoms with Crippen LogP contribution in [0.1, 0.15) is 59.3 Å². The monoisotopic (exact) mass is 298 g/mol. The number of carbonyl (C=O) groups is 1. The number of carbonyl (C=O) groups excluding carboxylic acids is 1. The van der Waals surface area contributed by atoms with Crippen LogP contribution in [0.2, 0.25) is 0 Å². The number of nitrogens with one attached hydrogen (secondary N) is 1. The molecule has 0 radical (unpaired) electrons. The molecule has 1 saturated heterocycles. The third kappa shape index (κ3) is 9.10. The van der Waals surface area contributed by atoms with Gasteiger partial charge in [-0.1, -0.05) is 20.3 Å². The van der Waals surface area contributed by atoms with Crippen molar-refractivity contribution in [3.63, 3.8) is 0 Å². The summed E-state index contributed by atoms with van der Waals surface area (Å²) in [6, 6.07) is 0.599. The predicted octanol–water partition coefficient (Wildman–Crippen LogP) is 2.82. The molecule has 1 fully saturated rings. The molecule has 21 heavy (non-hydrogen) atoms. The van der Waals surface area contributed by atoms with Gasteiger partial charge in [-0.3, -0.25) is 4.79 Å². The second-order valence-electron chi connectivity index (χ2n) is 6.46. The van der Waals surface area contributed by atoms with E-state index in [1.807, 2.05) is 6.92 Å². The number of likely N-dealkylation sites (tertiary alicyclic amines) is 1. The second kappa shape index (κ2) is 11.0. The smallest absolute Gasteiger partial charge is 0.305 e. The van der Waals surface area contributed by atoms with Crippen LogP contribution in [-0.4, -0.2) is 49.7 Å². The molecule has 4 heteroatoms. The summed E-state index contributed by atoms with van der Waals surface area (Å²) in [4.78, 5) is 13.8. The zero-order chi connectivity index (χ0) is 15.5. The van der Waals surface area contributed by atoms with Gasteiger partial charge in [0, 0.05) is 12.5 Å². The summed E-state index contributed by atoms with van der Waals surface area (Å²) in [6.07, 6.45) is 6.53. The number of rotatable bonds is 10. The Morgan fingerprint density at radius 1 is 1.24 bits per heavy atom. The maximum absolute atomic E-state index is 11.2. The van der Waals surface area contributed by atoms with Crippen molar-refractivity contribution in [1.29, 1.82) is 0 Å². The van der Waals surface area contributed by atoms with Crippen LogP contribution >= 0.6 is 0 Å². The molecule has 0 aromatic rings. The number of piperidine rings is 1. The molecule has 1 N–H and O–H groups in total. The average molecular weight is 298 g/mol. The Bertz CT molecular complexity index is 274. The lowest BCUT2D eigenvalue weighted by Crippen LogP contribution is -2.39. The van der Waals surface area contributed by atoms with Crippen molar-refractivity contribution in [2.75, 3.05) is 32.8 Å². The van der Waals surface area contributed by atoms with E-state index in [0.29, 0.717) is 19.1 Å². The maximum Gasteiger partial charge on any atom is 0.305 e. The third-order valence-corrected chi connectivity index (χ3v) is 4.18. The first kappa shape index (κ1) is 18.4. The molecule has 0 aliphatic carbocycles. The molecule has 0 amide bonds. The van der Waals surface area contributed by atoms with Crippen LogP contribution in [0, 0.1) is 5.92 Å². The highest BCUT2D eigenvalue weighted by Crippen LogP contribution is 2.17. The van der Waals surface area contributed by atoms with Gasteiger partial charge in [0.25, 0.3) is 0 Å². The van der Waals surface area contributed by atoms with Gasteiger partial charge in [0.1, 0.15) is 0 Å². The second-order valence-corrected chi connectivity index (χ2v) is 6.46. The number of esters is 1. The topological polar surface area (TPSA) is 41.6 Å². The predicted molar refractivity (Wildman–Crippen MR) is 87.4 cm³/mol. The van der Waals surface area contributed by atoms with Crippen LogP contribution in [0.4, 0.5) is 0 Å². The highest BCUT2D eigenvalue weighted by Gasteiger charge is 2.18. The van der Waals surface area contributed by atoms with E-state index >= 15 is 0 Å². The molecule has 0 aromatic carbocycles. The van der Waals surface area contributed by atoms with Gasteiger partial charge in [0.05, 0.1) is 6.61 Å². The molecule has 0 bridgehead atoms. The van der Waals surface area contributed by atoms with Gasteiger partial charge in [0.2, 0.25) is 0 Å². The van der Waals surface area contributed by atoms with Gasteiger partial charge in [0.15, 0.2) is 0 Å². The highest BCUT2D eigenvalue weighted by atomic mass is 16.5. The van der Waals surface area contributed by atoms with E-state index in [0.717, 1.165) is 18.8 Å². The van der Waals surface area contributed by atoms with E-state index in [1.165, 1.54) is 45.4 Å². The number of unbranched alkanes of at least 4 members (excludes halogenated alkanes) is 2. The first-order valence-corrected chi connectivity index (χ1v) is 8.73. The summed E-state index contributed by atoms with van der Waals surface area (Å²) >= 11 is 0. The van der Waals surface area contributed by atoms with Crippen molar-refractivity contribution >= 4 is 5.97 Å². The Labute approximate surface area is 130 Å². The molecule has 1 rings (SSSR count). The van der Waals surface area contributed by atoms with Gasteiger partial charge >= 0.3 is 5.97 Å². The molecule has 1 heterocycles. The van der Waals surface area contributed by atoms with Crippen LogP contribution in [0.25, 0.3) is 0 Å². The number of hydrogen-bond acceptors (Lipinski definition) is 4. The molecule has 124 valence electrons. The zero-order valence-electron chi connectivity index (χ0n) is 14.2. The maximum atomic E-state index is 11.2. The fourth-order valence-corrected chi connectivity index (χ4v) is 2.83. The quantitative estimate of drug-likeness (QED) is 0.497. The Balaban J connectivity index is 1.97. The lowest BCUT2D eigenvalue weighted by Gasteiger charge is -2.32. The van der Waals surface area contributed by atoms with E-state index in [4.69, 9.17) is 4.74 Å². The van der Waals surface area contributed by atoms with Crippen molar-refractivity contribution in [2.24, 2.45) is 5.92 Å². The molecular formula is C17H34N2O2. The summed E-state index contributed by atoms with van der Waals surface area (Å²) in [6.45, 7) is 11.6. The summed E-state index contributed by atoms with van der Waals surface area (Å²) in [5.74, 6) is 0.809. The first-order valence-electron chi connectivity index (χ1n) is 8.73. The number of ether oxygens (including phenoxy) is 1. The minimum Gasteiger partial charge on any atom is -0.466 e. The zero-order valence-corrected chi connectivity index (χ0v) is 14.2. The first-order chi connectivity index (χ1) is 10.1. The van der Waals surface area contributed by atoms with Crippen LogP contribution in [0.5, 0.6) is 0 Å². The summed E-state index contributed by atoms with van der Waals surface area (Å²) in [5.41, 5.74) is 0. The van der Waals surface area contributed by atoms with Crippen LogP contribution in [0.3, 0.4) is 0 Å². The minimum atomic E-state index is -0.0454. The van der Waals surface area contributed by atoms with Crippen molar-refractivity contribution < 1.29 is 9.53 Å². The van der Waals surface area contributed by atoms with Crippen LogP contribution < -0.4 is 5.32 Å². The summed E-state index contributed by atoms with van der Waals surface area (Å²) in [5, 5.41) is 3.55. The summed E-state index contributed by atoms with van der Waals surface area (Å²) in [7, 11) is 0. The normalized spacial score (nSPS) is 17.3. The van der Waals surface area contributed by atoms with Gasteiger partial charge in [-0.15, -0.1) is 0 Å². The van der Waals surface area contributed by atoms with Gasteiger partial charge in [-0.2, -0.15) is 0 Å². The third-order valence-electron chi connectivity index (χ3n) is 4.18. The molecule has 0 spiro atoms. The van der Waals surface area contributed by atoms with Crippen LogP contribution in [-0.2, 0) is 9.53 Å². The van der Waals surface area contributed by atoms with Crippen molar-refractivity contribution in [3.05, 3.63) is 0 Å². The molecule has 4 nitrogen and oxygen atoms in total. The Hall–Kier alpha value is -0.610. The largest absolute Gasteiger partial charge is 0.466 e. The molecule has 0 atom stereocenters. The number of nitrogens with zero attached hydrogens (tertiary/aromatic N) is 1. The van der Waals surface area contributed by atoms with Crippen molar-refractivity contribution in [3.8, 4) is 0 Å². The van der Waals surface area contributed by atoms with E-state index < -0.39 is 0 Å². The molecule has 1 aliphatic heterocycles. The lowest BCUT2D eigenvalue weighted by molar-refractivity contribution is -0.143. The lowest BCUT2D eigenvalue weighted by atomic mass is 9.96. The molecule has 0 saturated carbocycles. The average Bonchev–Trinajstić information content (AvgIpc) is 2.46. The van der Waals surface area contributed by atoms with Crippen molar-refractivity contribution in [1.82, 2.24) is 10.2 Å². The van der Waals surface area contributed by atoms with E-state index in [9.17, 15) is 4.79 Å². The van der Waals surface area contributed by atoms with Gasteiger partial charge in [-0.25, -0.2) is 0 Å². The SMILES string of the molecule is CCOC(=O)CCCCCN1CCC(CNC(C)C)CC1. The van der Waals surface area contributed by atoms with E-state index in [1.54, 1.807) is 0 Å².